The number of hydrogen-bond donors (Lipinski definition) is 0. The monoisotopic (exact) mass is 376 g/mol. The van der Waals surface area contributed by atoms with Crippen LogP contribution in [-0.2, 0) is 32.2 Å². The molecule has 1 heterocycles. The minimum Gasteiger partial charge on any atom is -0.343 e. The molecule has 28 heavy (non-hydrogen) atoms. The van der Waals surface area contributed by atoms with Crippen LogP contribution < -0.4 is 0 Å². The molecule has 0 amide bonds. The van der Waals surface area contributed by atoms with Crippen molar-refractivity contribution in [1.29, 1.82) is 0 Å². The van der Waals surface area contributed by atoms with Crippen molar-refractivity contribution in [2.24, 2.45) is 0 Å². The first-order valence-corrected chi connectivity index (χ1v) is 9.47. The van der Waals surface area contributed by atoms with Crippen molar-refractivity contribution < 1.29 is 18.9 Å². The lowest BCUT2D eigenvalue weighted by Crippen LogP contribution is -2.49. The molecule has 0 radical (unpaired) electrons. The molecule has 3 aromatic carbocycles. The Morgan fingerprint density at radius 2 is 1.07 bits per heavy atom. The molecule has 4 rings (SSSR count). The van der Waals surface area contributed by atoms with Crippen molar-refractivity contribution in [1.82, 2.24) is 0 Å². The van der Waals surface area contributed by atoms with Crippen molar-refractivity contribution in [2.75, 3.05) is 13.2 Å². The summed E-state index contributed by atoms with van der Waals surface area (Å²) >= 11 is 0. The summed E-state index contributed by atoms with van der Waals surface area (Å²) in [5.41, 5.74) is 3.15. The van der Waals surface area contributed by atoms with E-state index in [0.29, 0.717) is 26.4 Å². The van der Waals surface area contributed by atoms with Crippen molar-refractivity contribution in [2.45, 2.75) is 25.3 Å². The number of rotatable bonds is 7. The molecule has 0 unspecified atom stereocenters. The average molecular weight is 376 g/mol. The fraction of sp³-hybridized carbons (Fsp3) is 0.250. The van der Waals surface area contributed by atoms with Crippen molar-refractivity contribution in [3.05, 3.63) is 108 Å². The van der Waals surface area contributed by atoms with Gasteiger partial charge in [0.2, 0.25) is 5.79 Å². The Balaban J connectivity index is 1.44. The van der Waals surface area contributed by atoms with E-state index in [9.17, 15) is 0 Å². The summed E-state index contributed by atoms with van der Waals surface area (Å²) in [5, 5.41) is 0. The normalized spacial score (nSPS) is 16.7. The molecule has 0 N–H and O–H groups in total. The lowest BCUT2D eigenvalue weighted by molar-refractivity contribution is -0.360. The van der Waals surface area contributed by atoms with Gasteiger partial charge in [-0.05, 0) is 11.1 Å². The van der Waals surface area contributed by atoms with Crippen LogP contribution in [0.3, 0.4) is 0 Å². The van der Waals surface area contributed by atoms with Gasteiger partial charge in [-0.3, -0.25) is 0 Å². The second-order valence-electron chi connectivity index (χ2n) is 6.82. The van der Waals surface area contributed by atoms with E-state index in [1.807, 2.05) is 91.0 Å². The maximum Gasteiger partial charge on any atom is 0.216 e. The fourth-order valence-electron chi connectivity index (χ4n) is 3.08. The van der Waals surface area contributed by atoms with Crippen LogP contribution in [0.15, 0.2) is 91.0 Å². The predicted molar refractivity (Wildman–Crippen MR) is 106 cm³/mol. The zero-order valence-electron chi connectivity index (χ0n) is 15.7. The SMILES string of the molecule is c1ccc(COC2(OCc3ccccc3)COC(c3ccccc3)OC2)cc1. The zero-order chi connectivity index (χ0) is 19.1. The quantitative estimate of drug-likeness (QED) is 0.552. The highest BCUT2D eigenvalue weighted by Crippen LogP contribution is 2.31. The lowest BCUT2D eigenvalue weighted by Gasteiger charge is -2.39. The molecule has 4 heteroatoms. The molecule has 0 saturated carbocycles. The van der Waals surface area contributed by atoms with Crippen LogP contribution in [-0.4, -0.2) is 19.0 Å². The Morgan fingerprint density at radius 1 is 0.643 bits per heavy atom. The molecule has 0 aliphatic carbocycles. The summed E-state index contributed by atoms with van der Waals surface area (Å²) in [7, 11) is 0. The summed E-state index contributed by atoms with van der Waals surface area (Å²) in [6.45, 7) is 1.45. The zero-order valence-corrected chi connectivity index (χ0v) is 15.7. The molecule has 1 fully saturated rings. The van der Waals surface area contributed by atoms with Gasteiger partial charge < -0.3 is 18.9 Å². The van der Waals surface area contributed by atoms with Crippen LogP contribution in [0.2, 0.25) is 0 Å². The smallest absolute Gasteiger partial charge is 0.216 e. The van der Waals surface area contributed by atoms with Crippen LogP contribution >= 0.6 is 0 Å². The molecule has 0 aromatic heterocycles. The predicted octanol–water partition coefficient (Wildman–Crippen LogP) is 4.86. The molecule has 0 spiro atoms. The van der Waals surface area contributed by atoms with E-state index in [4.69, 9.17) is 18.9 Å². The first kappa shape index (κ1) is 18.8. The van der Waals surface area contributed by atoms with E-state index in [-0.39, 0.29) is 0 Å². The molecule has 1 aliphatic heterocycles. The Hall–Kier alpha value is -2.50. The van der Waals surface area contributed by atoms with E-state index in [1.54, 1.807) is 0 Å². The summed E-state index contributed by atoms with van der Waals surface area (Å²) in [6, 6.07) is 30.0. The van der Waals surface area contributed by atoms with Gasteiger partial charge in [-0.25, -0.2) is 0 Å². The van der Waals surface area contributed by atoms with Crippen molar-refractivity contribution in [3.8, 4) is 0 Å². The molecular formula is C24H24O4. The molecular weight excluding hydrogens is 352 g/mol. The maximum absolute atomic E-state index is 6.19. The Bertz CT molecular complexity index is 783. The molecule has 3 aromatic rings. The fourth-order valence-corrected chi connectivity index (χ4v) is 3.08. The third kappa shape index (κ3) is 4.86. The lowest BCUT2D eigenvalue weighted by atomic mass is 10.2. The number of benzene rings is 3. The van der Waals surface area contributed by atoms with Crippen LogP contribution in [0, 0.1) is 0 Å². The third-order valence-corrected chi connectivity index (χ3v) is 4.67. The van der Waals surface area contributed by atoms with E-state index in [0.717, 1.165) is 16.7 Å². The van der Waals surface area contributed by atoms with Gasteiger partial charge in [0.1, 0.15) is 13.2 Å². The molecule has 4 nitrogen and oxygen atoms in total. The van der Waals surface area contributed by atoms with Crippen LogP contribution in [0.1, 0.15) is 23.0 Å². The molecule has 1 aliphatic rings. The minimum absolute atomic E-state index is 0.298. The van der Waals surface area contributed by atoms with Gasteiger partial charge >= 0.3 is 0 Å². The molecule has 1 saturated heterocycles. The van der Waals surface area contributed by atoms with Gasteiger partial charge in [0, 0.05) is 5.56 Å². The highest BCUT2D eigenvalue weighted by molar-refractivity contribution is 5.17. The number of ether oxygens (including phenoxy) is 4. The summed E-state index contributed by atoms with van der Waals surface area (Å²) in [4.78, 5) is 0. The summed E-state index contributed by atoms with van der Waals surface area (Å²) in [5.74, 6) is -0.947. The Labute approximate surface area is 165 Å². The van der Waals surface area contributed by atoms with Gasteiger partial charge in [-0.1, -0.05) is 91.0 Å². The van der Waals surface area contributed by atoms with E-state index < -0.39 is 12.1 Å². The van der Waals surface area contributed by atoms with Crippen molar-refractivity contribution >= 4 is 0 Å². The van der Waals surface area contributed by atoms with Crippen molar-refractivity contribution in [3.63, 3.8) is 0 Å². The van der Waals surface area contributed by atoms with E-state index in [2.05, 4.69) is 0 Å². The van der Waals surface area contributed by atoms with Gasteiger partial charge in [-0.2, -0.15) is 0 Å². The Morgan fingerprint density at radius 3 is 1.54 bits per heavy atom. The average Bonchev–Trinajstić information content (AvgIpc) is 2.79. The Kier molecular flexibility index (Phi) is 6.14. The van der Waals surface area contributed by atoms with Crippen LogP contribution in [0.5, 0.6) is 0 Å². The van der Waals surface area contributed by atoms with Gasteiger partial charge in [0.15, 0.2) is 6.29 Å². The minimum atomic E-state index is -0.947. The van der Waals surface area contributed by atoms with Crippen LogP contribution in [0.25, 0.3) is 0 Å². The molecule has 144 valence electrons. The summed E-state index contributed by atoms with van der Waals surface area (Å²) < 4.78 is 24.3. The maximum atomic E-state index is 6.19. The molecule has 0 bridgehead atoms. The van der Waals surface area contributed by atoms with Gasteiger partial charge in [0.25, 0.3) is 0 Å². The second kappa shape index (κ2) is 9.13. The first-order valence-electron chi connectivity index (χ1n) is 9.47. The van der Waals surface area contributed by atoms with E-state index >= 15 is 0 Å². The first-order chi connectivity index (χ1) is 13.8. The van der Waals surface area contributed by atoms with Gasteiger partial charge in [-0.15, -0.1) is 0 Å². The topological polar surface area (TPSA) is 36.9 Å². The van der Waals surface area contributed by atoms with Crippen LogP contribution in [0.4, 0.5) is 0 Å². The highest BCUT2D eigenvalue weighted by atomic mass is 16.8. The number of hydrogen-bond acceptors (Lipinski definition) is 4. The second-order valence-corrected chi connectivity index (χ2v) is 6.82. The highest BCUT2D eigenvalue weighted by Gasteiger charge is 2.40. The largest absolute Gasteiger partial charge is 0.343 e. The molecule has 0 atom stereocenters. The van der Waals surface area contributed by atoms with Gasteiger partial charge in [0.05, 0.1) is 13.2 Å². The third-order valence-electron chi connectivity index (χ3n) is 4.67. The standard InChI is InChI=1S/C24H24O4/c1-4-10-20(11-5-1)16-27-24(28-17-21-12-6-2-7-13-21)18-25-23(26-19-24)22-14-8-3-9-15-22/h1-15,23H,16-19H2. The van der Waals surface area contributed by atoms with E-state index in [1.165, 1.54) is 0 Å². The summed E-state index contributed by atoms with van der Waals surface area (Å²) in [6.07, 6.45) is -0.407.